The molecule has 0 saturated heterocycles. The first kappa shape index (κ1) is 58.8. The predicted molar refractivity (Wildman–Crippen MR) is 269 cm³/mol. The molecule has 0 saturated carbocycles. The Bertz CT molecular complexity index is 1370. The Kier molecular flexibility index (Phi) is 47.1. The summed E-state index contributed by atoms with van der Waals surface area (Å²) in [6, 6.07) is 0. The van der Waals surface area contributed by atoms with E-state index in [1.165, 1.54) is 51.4 Å². The number of unbranched alkanes of at least 4 members (excludes halogenated alkanes) is 17. The Labute approximate surface area is 386 Å². The predicted octanol–water partition coefficient (Wildman–Crippen LogP) is 16.5. The van der Waals surface area contributed by atoms with E-state index in [-0.39, 0.29) is 37.5 Å². The van der Waals surface area contributed by atoms with E-state index < -0.39 is 6.10 Å². The van der Waals surface area contributed by atoms with Crippen molar-refractivity contribution in [2.24, 2.45) is 0 Å². The standard InChI is InChI=1S/C57H90O6/c1-4-7-10-13-16-19-22-25-27-28-29-31-32-35-38-41-44-47-50-56(59)62-53-54(52-61-55(58)49-46-43-40-37-34-24-21-18-15-12-9-6-3)63-57(60)51-48-45-42-39-36-33-30-26-23-20-17-14-11-8-5-2/h8-9,11-12,14,17-18,20-21,23,26-31,33-34,36-37,54H,4-7,10,13,15-16,19,22,24-25,32,35,38-53H2,1-3H3/b11-8-,12-9-,17-14-,21-18-,23-20-,28-27-,30-26-,31-29-,36-33-,37-34-. The van der Waals surface area contributed by atoms with E-state index in [9.17, 15) is 14.4 Å². The third kappa shape index (κ3) is 48.7. The maximum atomic E-state index is 12.8. The Morgan fingerprint density at radius 1 is 0.349 bits per heavy atom. The van der Waals surface area contributed by atoms with E-state index in [2.05, 4.69) is 93.7 Å². The van der Waals surface area contributed by atoms with E-state index in [1.807, 2.05) is 48.6 Å². The molecule has 0 N–H and O–H groups in total. The molecule has 1 atom stereocenters. The second kappa shape index (κ2) is 50.5. The fourth-order valence-electron chi connectivity index (χ4n) is 6.35. The van der Waals surface area contributed by atoms with E-state index >= 15 is 0 Å². The van der Waals surface area contributed by atoms with Gasteiger partial charge in [0.1, 0.15) is 13.2 Å². The average Bonchev–Trinajstić information content (AvgIpc) is 3.28. The largest absolute Gasteiger partial charge is 0.462 e. The van der Waals surface area contributed by atoms with Crippen LogP contribution in [0.4, 0.5) is 0 Å². The van der Waals surface area contributed by atoms with E-state index in [4.69, 9.17) is 14.2 Å². The number of ether oxygens (including phenoxy) is 3. The molecular formula is C57H90O6. The first-order valence-electron chi connectivity index (χ1n) is 25.1. The van der Waals surface area contributed by atoms with Gasteiger partial charge in [0.25, 0.3) is 0 Å². The quantitative estimate of drug-likeness (QED) is 0.0200. The maximum Gasteiger partial charge on any atom is 0.306 e. The number of hydrogen-bond acceptors (Lipinski definition) is 6. The molecule has 0 aromatic heterocycles. The number of esters is 3. The van der Waals surface area contributed by atoms with Gasteiger partial charge in [-0.3, -0.25) is 14.4 Å². The third-order valence-corrected chi connectivity index (χ3v) is 10.1. The van der Waals surface area contributed by atoms with Crippen LogP contribution >= 0.6 is 0 Å². The summed E-state index contributed by atoms with van der Waals surface area (Å²) in [4.78, 5) is 37.9. The smallest absolute Gasteiger partial charge is 0.306 e. The van der Waals surface area contributed by atoms with Crippen LogP contribution in [-0.2, 0) is 28.6 Å². The van der Waals surface area contributed by atoms with Gasteiger partial charge in [-0.2, -0.15) is 0 Å². The molecular weight excluding hydrogens is 781 g/mol. The van der Waals surface area contributed by atoms with Crippen molar-refractivity contribution in [2.45, 2.75) is 207 Å². The number of carbonyl (C=O) groups is 3. The lowest BCUT2D eigenvalue weighted by molar-refractivity contribution is -0.167. The van der Waals surface area contributed by atoms with Crippen LogP contribution in [0.2, 0.25) is 0 Å². The first-order chi connectivity index (χ1) is 31.0. The van der Waals surface area contributed by atoms with Gasteiger partial charge in [0.05, 0.1) is 0 Å². The lowest BCUT2D eigenvalue weighted by Crippen LogP contribution is -2.30. The van der Waals surface area contributed by atoms with Gasteiger partial charge in [-0.05, 0) is 96.3 Å². The van der Waals surface area contributed by atoms with Crippen LogP contribution in [0, 0.1) is 0 Å². The molecule has 0 radical (unpaired) electrons. The highest BCUT2D eigenvalue weighted by atomic mass is 16.6. The van der Waals surface area contributed by atoms with Crippen LogP contribution in [0.3, 0.4) is 0 Å². The normalized spacial score (nSPS) is 13.1. The third-order valence-electron chi connectivity index (χ3n) is 10.1. The van der Waals surface area contributed by atoms with Crippen molar-refractivity contribution in [2.75, 3.05) is 13.2 Å². The summed E-state index contributed by atoms with van der Waals surface area (Å²) >= 11 is 0. The SMILES string of the molecule is CC\C=C/C=C\C=C/C=C\C=C/CCCCCC(=O)OC(COC(=O)CCCC/C=C\C/C=C\C/C=C\CC)COC(=O)CCCCCCC/C=C\C=C/CCCCCCCCC. The summed E-state index contributed by atoms with van der Waals surface area (Å²) < 4.78 is 16.7. The molecule has 0 aliphatic carbocycles. The van der Waals surface area contributed by atoms with Crippen LogP contribution in [0.5, 0.6) is 0 Å². The van der Waals surface area contributed by atoms with Crippen LogP contribution in [-0.4, -0.2) is 37.2 Å². The summed E-state index contributed by atoms with van der Waals surface area (Å²) in [5.41, 5.74) is 0. The minimum Gasteiger partial charge on any atom is -0.462 e. The minimum absolute atomic E-state index is 0.120. The Morgan fingerprint density at radius 3 is 1.22 bits per heavy atom. The van der Waals surface area contributed by atoms with Gasteiger partial charge in [-0.15, -0.1) is 0 Å². The van der Waals surface area contributed by atoms with Crippen LogP contribution in [0.15, 0.2) is 122 Å². The molecule has 0 aliphatic rings. The lowest BCUT2D eigenvalue weighted by Gasteiger charge is -2.18. The number of carbonyl (C=O) groups excluding carboxylic acids is 3. The lowest BCUT2D eigenvalue weighted by atomic mass is 10.1. The van der Waals surface area contributed by atoms with Crippen molar-refractivity contribution < 1.29 is 28.6 Å². The molecule has 0 spiro atoms. The highest BCUT2D eigenvalue weighted by molar-refractivity contribution is 5.71. The molecule has 6 nitrogen and oxygen atoms in total. The molecule has 6 heteroatoms. The molecule has 0 aliphatic heterocycles. The van der Waals surface area contributed by atoms with Crippen molar-refractivity contribution in [3.8, 4) is 0 Å². The molecule has 0 aromatic rings. The monoisotopic (exact) mass is 871 g/mol. The minimum atomic E-state index is -0.825. The van der Waals surface area contributed by atoms with Crippen LogP contribution in [0.1, 0.15) is 201 Å². The van der Waals surface area contributed by atoms with Crippen LogP contribution in [0.25, 0.3) is 0 Å². The Morgan fingerprint density at radius 2 is 0.698 bits per heavy atom. The van der Waals surface area contributed by atoms with Gasteiger partial charge in [0.15, 0.2) is 6.10 Å². The van der Waals surface area contributed by atoms with E-state index in [0.29, 0.717) is 25.7 Å². The number of rotatable bonds is 43. The summed E-state index contributed by atoms with van der Waals surface area (Å²) in [7, 11) is 0. The highest BCUT2D eigenvalue weighted by Gasteiger charge is 2.19. The zero-order valence-electron chi connectivity index (χ0n) is 40.3. The van der Waals surface area contributed by atoms with Crippen LogP contribution < -0.4 is 0 Å². The molecule has 354 valence electrons. The second-order valence-electron chi connectivity index (χ2n) is 16.1. The van der Waals surface area contributed by atoms with Crippen molar-refractivity contribution in [1.82, 2.24) is 0 Å². The molecule has 0 aromatic carbocycles. The fraction of sp³-hybridized carbons (Fsp3) is 0.596. The zero-order chi connectivity index (χ0) is 45.8. The molecule has 0 heterocycles. The first-order valence-corrected chi connectivity index (χ1v) is 25.1. The van der Waals surface area contributed by atoms with E-state index in [0.717, 1.165) is 96.3 Å². The van der Waals surface area contributed by atoms with Crippen molar-refractivity contribution in [3.05, 3.63) is 122 Å². The maximum absolute atomic E-state index is 12.8. The molecule has 63 heavy (non-hydrogen) atoms. The molecule has 1 unspecified atom stereocenters. The van der Waals surface area contributed by atoms with Crippen molar-refractivity contribution >= 4 is 17.9 Å². The number of allylic oxidation sites excluding steroid dienone is 20. The number of hydrogen-bond donors (Lipinski definition) is 0. The molecule has 0 bridgehead atoms. The zero-order valence-corrected chi connectivity index (χ0v) is 40.3. The summed E-state index contributed by atoms with van der Waals surface area (Å²) in [5, 5.41) is 0. The summed E-state index contributed by atoms with van der Waals surface area (Å²) in [6.45, 7) is 6.26. The highest BCUT2D eigenvalue weighted by Crippen LogP contribution is 2.12. The van der Waals surface area contributed by atoms with Gasteiger partial charge in [-0.25, -0.2) is 0 Å². The molecule has 0 fully saturated rings. The topological polar surface area (TPSA) is 78.9 Å². The van der Waals surface area contributed by atoms with Crippen molar-refractivity contribution in [3.63, 3.8) is 0 Å². The fourth-order valence-corrected chi connectivity index (χ4v) is 6.35. The Hall–Kier alpha value is -4.19. The van der Waals surface area contributed by atoms with Gasteiger partial charge in [-0.1, -0.05) is 206 Å². The van der Waals surface area contributed by atoms with Gasteiger partial charge < -0.3 is 14.2 Å². The summed E-state index contributed by atoms with van der Waals surface area (Å²) in [6.07, 6.45) is 69.0. The van der Waals surface area contributed by atoms with Gasteiger partial charge in [0.2, 0.25) is 0 Å². The Balaban J connectivity index is 4.54. The summed E-state index contributed by atoms with van der Waals surface area (Å²) in [5.74, 6) is -1.03. The average molecular weight is 871 g/mol. The second-order valence-corrected chi connectivity index (χ2v) is 16.1. The van der Waals surface area contributed by atoms with Gasteiger partial charge in [0, 0.05) is 19.3 Å². The van der Waals surface area contributed by atoms with Gasteiger partial charge >= 0.3 is 17.9 Å². The molecule has 0 amide bonds. The molecule has 0 rings (SSSR count). The van der Waals surface area contributed by atoms with E-state index in [1.54, 1.807) is 0 Å². The van der Waals surface area contributed by atoms with Crippen molar-refractivity contribution in [1.29, 1.82) is 0 Å².